The average molecular weight is 434 g/mol. The molecular weight excluding hydrogens is 394 g/mol. The molecule has 1 aromatic heterocycles. The maximum atomic E-state index is 11.5. The molecule has 2 N–H and O–H groups in total. The molecule has 1 heterocycles. The molecule has 31 heavy (non-hydrogen) atoms. The van der Waals surface area contributed by atoms with Crippen LogP contribution in [-0.2, 0) is 11.2 Å². The topological polar surface area (TPSA) is 109 Å². The van der Waals surface area contributed by atoms with Crippen molar-refractivity contribution in [2.45, 2.75) is 97.3 Å². The van der Waals surface area contributed by atoms with E-state index >= 15 is 0 Å². The van der Waals surface area contributed by atoms with Gasteiger partial charge in [-0.25, -0.2) is 9.97 Å². The average Bonchev–Trinajstić information content (AvgIpc) is 3.11. The second-order valence-electron chi connectivity index (χ2n) is 8.11. The van der Waals surface area contributed by atoms with Crippen LogP contribution in [0.25, 0.3) is 0 Å². The van der Waals surface area contributed by atoms with Crippen molar-refractivity contribution in [1.29, 1.82) is 0 Å². The lowest BCUT2D eigenvalue weighted by Gasteiger charge is -2.11. The van der Waals surface area contributed by atoms with E-state index in [0.29, 0.717) is 30.8 Å². The van der Waals surface area contributed by atoms with E-state index < -0.39 is 16.8 Å². The standard InChI is InChI=1S/C24H39N3O4/c1-3-4-5-6-7-8-9-10-11-12-13-14-15-16-17-21(24(28)29)18-19-22-23(27(30)31)26-20(2)25-22/h7-8,10-11,21H,3-6,9,12-19H2,1-2H3,(H,25,26)(H,28,29). The minimum absolute atomic E-state index is 0.123. The van der Waals surface area contributed by atoms with Gasteiger partial charge in [-0.1, -0.05) is 63.3 Å². The number of aliphatic carboxylic acids is 1. The first-order valence-corrected chi connectivity index (χ1v) is 11.7. The molecule has 1 atom stereocenters. The zero-order valence-corrected chi connectivity index (χ0v) is 19.1. The number of carboxylic acids is 1. The number of carbonyl (C=O) groups is 1. The third-order valence-electron chi connectivity index (χ3n) is 5.39. The highest BCUT2D eigenvalue weighted by molar-refractivity contribution is 5.69. The predicted molar refractivity (Wildman–Crippen MR) is 124 cm³/mol. The number of imidazole rings is 1. The molecule has 1 unspecified atom stereocenters. The van der Waals surface area contributed by atoms with Crippen molar-refractivity contribution in [2.24, 2.45) is 5.92 Å². The van der Waals surface area contributed by atoms with E-state index in [1.165, 1.54) is 25.7 Å². The zero-order chi connectivity index (χ0) is 22.9. The van der Waals surface area contributed by atoms with Crippen LogP contribution in [0.5, 0.6) is 0 Å². The van der Waals surface area contributed by atoms with Crippen LogP contribution in [0.4, 0.5) is 5.82 Å². The van der Waals surface area contributed by atoms with Crippen LogP contribution < -0.4 is 0 Å². The number of hydrogen-bond donors (Lipinski definition) is 2. The summed E-state index contributed by atoms with van der Waals surface area (Å²) >= 11 is 0. The van der Waals surface area contributed by atoms with E-state index in [0.717, 1.165) is 38.5 Å². The molecule has 0 aromatic carbocycles. The third-order valence-corrected chi connectivity index (χ3v) is 5.39. The minimum Gasteiger partial charge on any atom is -0.481 e. The number of aromatic nitrogens is 2. The lowest BCUT2D eigenvalue weighted by Crippen LogP contribution is -2.15. The highest BCUT2D eigenvalue weighted by Gasteiger charge is 2.22. The van der Waals surface area contributed by atoms with E-state index in [1.54, 1.807) is 6.92 Å². The molecule has 0 saturated carbocycles. The van der Waals surface area contributed by atoms with Crippen molar-refractivity contribution in [1.82, 2.24) is 9.97 Å². The number of nitrogens with one attached hydrogen (secondary N) is 1. The first-order valence-electron chi connectivity index (χ1n) is 11.7. The van der Waals surface area contributed by atoms with Gasteiger partial charge in [-0.2, -0.15) is 0 Å². The maximum absolute atomic E-state index is 11.5. The summed E-state index contributed by atoms with van der Waals surface area (Å²) in [6.45, 7) is 3.88. The van der Waals surface area contributed by atoms with Crippen LogP contribution in [0.3, 0.4) is 0 Å². The van der Waals surface area contributed by atoms with Crippen LogP contribution in [-0.4, -0.2) is 26.0 Å². The summed E-state index contributed by atoms with van der Waals surface area (Å²) in [6, 6.07) is 0. The number of hydrogen-bond acceptors (Lipinski definition) is 4. The van der Waals surface area contributed by atoms with Crippen molar-refractivity contribution in [3.63, 3.8) is 0 Å². The monoisotopic (exact) mass is 433 g/mol. The summed E-state index contributed by atoms with van der Waals surface area (Å²) in [7, 11) is 0. The molecule has 1 rings (SSSR count). The molecular formula is C24H39N3O4. The van der Waals surface area contributed by atoms with E-state index in [1.807, 2.05) is 0 Å². The normalized spacial score (nSPS) is 12.7. The lowest BCUT2D eigenvalue weighted by atomic mass is 9.95. The molecule has 174 valence electrons. The number of unbranched alkanes of at least 4 members (excludes halogenated alkanes) is 7. The van der Waals surface area contributed by atoms with Crippen molar-refractivity contribution < 1.29 is 14.8 Å². The number of rotatable bonds is 18. The van der Waals surface area contributed by atoms with Gasteiger partial charge in [0.1, 0.15) is 5.69 Å². The number of nitro groups is 1. The fraction of sp³-hybridized carbons (Fsp3) is 0.667. The van der Waals surface area contributed by atoms with E-state index in [4.69, 9.17) is 0 Å². The van der Waals surface area contributed by atoms with Gasteiger partial charge in [-0.3, -0.25) is 4.79 Å². The fourth-order valence-corrected chi connectivity index (χ4v) is 3.58. The highest BCUT2D eigenvalue weighted by Crippen LogP contribution is 2.22. The third kappa shape index (κ3) is 12.1. The Hall–Kier alpha value is -2.44. The molecule has 0 radical (unpaired) electrons. The molecule has 7 heteroatoms. The molecule has 1 aromatic rings. The summed E-state index contributed by atoms with van der Waals surface area (Å²) in [5.74, 6) is -0.964. The Morgan fingerprint density at radius 3 is 2.32 bits per heavy atom. The highest BCUT2D eigenvalue weighted by atomic mass is 16.6. The van der Waals surface area contributed by atoms with Gasteiger partial charge in [0.15, 0.2) is 5.82 Å². The van der Waals surface area contributed by atoms with Crippen molar-refractivity contribution >= 4 is 11.8 Å². The first kappa shape index (κ1) is 26.6. The maximum Gasteiger partial charge on any atom is 0.343 e. The lowest BCUT2D eigenvalue weighted by molar-refractivity contribution is -0.390. The smallest absolute Gasteiger partial charge is 0.343 e. The van der Waals surface area contributed by atoms with Crippen LogP contribution in [0.1, 0.15) is 95.5 Å². The first-order chi connectivity index (χ1) is 15.0. The summed E-state index contributed by atoms with van der Waals surface area (Å²) in [4.78, 5) is 28.8. The van der Waals surface area contributed by atoms with Crippen LogP contribution in [0.2, 0.25) is 0 Å². The quantitative estimate of drug-likeness (QED) is 0.116. The van der Waals surface area contributed by atoms with Crippen LogP contribution >= 0.6 is 0 Å². The molecule has 0 aliphatic carbocycles. The summed E-state index contributed by atoms with van der Waals surface area (Å²) in [5, 5.41) is 20.5. The number of nitrogens with zero attached hydrogens (tertiary/aromatic N) is 2. The Balaban J connectivity index is 2.17. The predicted octanol–water partition coefficient (Wildman–Crippen LogP) is 6.68. The fourth-order valence-electron chi connectivity index (χ4n) is 3.58. The molecule has 7 nitrogen and oxygen atoms in total. The minimum atomic E-state index is -0.833. The SMILES string of the molecule is CCCCCC=CCC=CCCCCCCC(CCc1nc(C)[nH]c1[N+](=O)[O-])C(=O)O. The number of aryl methyl sites for hydroxylation is 2. The van der Waals surface area contributed by atoms with Crippen LogP contribution in [0, 0.1) is 23.0 Å². The Morgan fingerprint density at radius 2 is 1.71 bits per heavy atom. The van der Waals surface area contributed by atoms with E-state index in [-0.39, 0.29) is 5.82 Å². The largest absolute Gasteiger partial charge is 0.481 e. The number of allylic oxidation sites excluding steroid dienone is 4. The second-order valence-corrected chi connectivity index (χ2v) is 8.11. The molecule has 0 spiro atoms. The summed E-state index contributed by atoms with van der Waals surface area (Å²) in [6.07, 6.45) is 21.4. The Kier molecular flexibility index (Phi) is 14.0. The number of H-pyrrole nitrogens is 1. The van der Waals surface area contributed by atoms with Gasteiger partial charge in [0, 0.05) is 6.92 Å². The number of aromatic amines is 1. The second kappa shape index (κ2) is 16.3. The zero-order valence-electron chi connectivity index (χ0n) is 19.1. The van der Waals surface area contributed by atoms with Crippen molar-refractivity contribution in [2.75, 3.05) is 0 Å². The van der Waals surface area contributed by atoms with Crippen molar-refractivity contribution in [3.8, 4) is 0 Å². The molecule has 0 fully saturated rings. The molecule has 0 aliphatic heterocycles. The Bertz CT molecular complexity index is 710. The Morgan fingerprint density at radius 1 is 1.06 bits per heavy atom. The number of carboxylic acid groups (broad SMARTS) is 1. The van der Waals surface area contributed by atoms with Gasteiger partial charge in [-0.15, -0.1) is 0 Å². The Labute approximate surface area is 186 Å². The van der Waals surface area contributed by atoms with Gasteiger partial charge in [0.05, 0.1) is 5.92 Å². The van der Waals surface area contributed by atoms with Gasteiger partial charge in [-0.05, 0) is 56.3 Å². The van der Waals surface area contributed by atoms with E-state index in [2.05, 4.69) is 41.2 Å². The molecule has 0 amide bonds. The van der Waals surface area contributed by atoms with Gasteiger partial charge < -0.3 is 15.2 Å². The molecule has 0 saturated heterocycles. The molecule has 0 aliphatic rings. The van der Waals surface area contributed by atoms with Crippen molar-refractivity contribution in [3.05, 3.63) is 45.9 Å². The van der Waals surface area contributed by atoms with Gasteiger partial charge in [0.2, 0.25) is 0 Å². The van der Waals surface area contributed by atoms with Gasteiger partial charge >= 0.3 is 11.8 Å². The van der Waals surface area contributed by atoms with E-state index in [9.17, 15) is 20.0 Å². The van der Waals surface area contributed by atoms with Crippen LogP contribution in [0.15, 0.2) is 24.3 Å². The van der Waals surface area contributed by atoms with Gasteiger partial charge in [0.25, 0.3) is 0 Å². The molecule has 0 bridgehead atoms. The summed E-state index contributed by atoms with van der Waals surface area (Å²) < 4.78 is 0. The summed E-state index contributed by atoms with van der Waals surface area (Å²) in [5.41, 5.74) is 0.344.